The second-order valence-corrected chi connectivity index (χ2v) is 10.7. The average molecular weight is 510 g/mol. The molecule has 0 radical (unpaired) electrons. The molecule has 1 aromatic rings. The van der Waals surface area contributed by atoms with Crippen molar-refractivity contribution in [2.45, 2.75) is 142 Å². The summed E-state index contributed by atoms with van der Waals surface area (Å²) < 4.78 is 16.6. The summed E-state index contributed by atoms with van der Waals surface area (Å²) in [5.74, 6) is 0. The van der Waals surface area contributed by atoms with Crippen LogP contribution in [-0.2, 0) is 20.4 Å². The number of benzene rings is 1. The van der Waals surface area contributed by atoms with Gasteiger partial charge in [0.1, 0.15) is 6.23 Å². The molecular formula is C30H56NO3P. The van der Waals surface area contributed by atoms with Gasteiger partial charge in [-0.2, -0.15) is 0 Å². The predicted octanol–water partition coefficient (Wildman–Crippen LogP) is 9.46. The molecule has 0 heterocycles. The van der Waals surface area contributed by atoms with Gasteiger partial charge in [0.15, 0.2) is 9.03 Å². The van der Waals surface area contributed by atoms with Gasteiger partial charge in [0, 0.05) is 0 Å². The Balaban J connectivity index is 1.68. The molecule has 0 aromatic heterocycles. The van der Waals surface area contributed by atoms with Gasteiger partial charge in [-0.15, -0.1) is 0 Å². The van der Waals surface area contributed by atoms with Gasteiger partial charge in [-0.3, -0.25) is 0 Å². The monoisotopic (exact) mass is 509 g/mol. The molecule has 0 aliphatic rings. The molecule has 0 aliphatic heterocycles. The standard InChI is InChI=1S/C30H56NO3P/c1-2-3-4-5-6-7-8-9-10-11-12-13-14-15-16-17-18-19-23-26-33-35-34-28-30(31)32-27-29-24-21-20-22-25-29/h20-22,24-25,30,35H,2-19,23,26-28,31H2,1H3. The van der Waals surface area contributed by atoms with Crippen LogP contribution in [-0.4, -0.2) is 19.4 Å². The molecule has 0 saturated heterocycles. The number of rotatable bonds is 27. The summed E-state index contributed by atoms with van der Waals surface area (Å²) in [6.45, 7) is 3.94. The fourth-order valence-corrected chi connectivity index (χ4v) is 4.82. The Morgan fingerprint density at radius 2 is 1.09 bits per heavy atom. The lowest BCUT2D eigenvalue weighted by molar-refractivity contribution is 0.0143. The average Bonchev–Trinajstić information content (AvgIpc) is 2.88. The van der Waals surface area contributed by atoms with E-state index in [-0.39, 0.29) is 9.03 Å². The molecular weight excluding hydrogens is 453 g/mol. The van der Waals surface area contributed by atoms with Gasteiger partial charge in [0.2, 0.25) is 0 Å². The maximum atomic E-state index is 5.92. The van der Waals surface area contributed by atoms with Gasteiger partial charge in [-0.1, -0.05) is 153 Å². The lowest BCUT2D eigenvalue weighted by Crippen LogP contribution is -2.28. The Kier molecular flexibility index (Phi) is 24.7. The number of nitrogens with two attached hydrogens (primary N) is 1. The maximum absolute atomic E-state index is 5.92. The molecule has 4 nitrogen and oxygen atoms in total. The number of unbranched alkanes of at least 4 members (excludes halogenated alkanes) is 18. The minimum atomic E-state index is -0.416. The van der Waals surface area contributed by atoms with Gasteiger partial charge in [0.25, 0.3) is 0 Å². The summed E-state index contributed by atoms with van der Waals surface area (Å²) in [6, 6.07) is 10.0. The zero-order valence-electron chi connectivity index (χ0n) is 22.8. The zero-order chi connectivity index (χ0) is 25.1. The van der Waals surface area contributed by atoms with Crippen molar-refractivity contribution in [2.24, 2.45) is 5.73 Å². The first-order valence-electron chi connectivity index (χ1n) is 14.7. The highest BCUT2D eigenvalue weighted by Gasteiger charge is 2.03. The fraction of sp³-hybridized carbons (Fsp3) is 0.800. The summed E-state index contributed by atoms with van der Waals surface area (Å²) in [6.07, 6.45) is 26.2. The topological polar surface area (TPSA) is 53.7 Å². The van der Waals surface area contributed by atoms with E-state index in [1.54, 1.807) is 0 Å². The van der Waals surface area contributed by atoms with Crippen LogP contribution >= 0.6 is 9.03 Å². The van der Waals surface area contributed by atoms with E-state index >= 15 is 0 Å². The SMILES string of the molecule is CCCCCCCCCCCCCCCCCCCCCOPOCC(N)OCc1ccccc1. The molecule has 0 saturated carbocycles. The number of hydrogen-bond acceptors (Lipinski definition) is 4. The molecule has 1 aromatic carbocycles. The zero-order valence-corrected chi connectivity index (χ0v) is 23.8. The van der Waals surface area contributed by atoms with Crippen LogP contribution < -0.4 is 5.73 Å². The van der Waals surface area contributed by atoms with Crippen molar-refractivity contribution in [3.8, 4) is 0 Å². The summed E-state index contributed by atoms with van der Waals surface area (Å²) in [5, 5.41) is 0. The molecule has 0 spiro atoms. The molecule has 1 rings (SSSR count). The third-order valence-electron chi connectivity index (χ3n) is 6.52. The predicted molar refractivity (Wildman–Crippen MR) is 153 cm³/mol. The van der Waals surface area contributed by atoms with Crippen LogP contribution in [0.3, 0.4) is 0 Å². The first-order valence-corrected chi connectivity index (χ1v) is 15.5. The summed E-state index contributed by atoms with van der Waals surface area (Å²) in [4.78, 5) is 0. The summed E-state index contributed by atoms with van der Waals surface area (Å²) in [7, 11) is 0.0464. The van der Waals surface area contributed by atoms with Gasteiger partial charge < -0.3 is 19.5 Å². The van der Waals surface area contributed by atoms with Crippen LogP contribution in [0.15, 0.2) is 30.3 Å². The first-order chi connectivity index (χ1) is 17.3. The molecule has 2 N–H and O–H groups in total. The van der Waals surface area contributed by atoms with Crippen molar-refractivity contribution in [3.63, 3.8) is 0 Å². The maximum Gasteiger partial charge on any atom is 0.155 e. The number of ether oxygens (including phenoxy) is 1. The Labute approximate surface area is 219 Å². The lowest BCUT2D eigenvalue weighted by Gasteiger charge is -2.13. The molecule has 35 heavy (non-hydrogen) atoms. The molecule has 5 heteroatoms. The van der Waals surface area contributed by atoms with Crippen LogP contribution in [0.25, 0.3) is 0 Å². The Morgan fingerprint density at radius 3 is 1.57 bits per heavy atom. The van der Waals surface area contributed by atoms with Crippen molar-refractivity contribution >= 4 is 9.03 Å². The van der Waals surface area contributed by atoms with E-state index in [9.17, 15) is 0 Å². The smallest absolute Gasteiger partial charge is 0.155 e. The van der Waals surface area contributed by atoms with Crippen molar-refractivity contribution in [2.75, 3.05) is 13.2 Å². The Morgan fingerprint density at radius 1 is 0.629 bits per heavy atom. The van der Waals surface area contributed by atoms with E-state index in [1.807, 2.05) is 30.3 Å². The van der Waals surface area contributed by atoms with Crippen LogP contribution in [0.1, 0.15) is 134 Å². The van der Waals surface area contributed by atoms with Crippen molar-refractivity contribution in [1.82, 2.24) is 0 Å². The van der Waals surface area contributed by atoms with Crippen molar-refractivity contribution in [1.29, 1.82) is 0 Å². The van der Waals surface area contributed by atoms with Crippen LogP contribution in [0.5, 0.6) is 0 Å². The van der Waals surface area contributed by atoms with Crippen LogP contribution in [0.2, 0.25) is 0 Å². The van der Waals surface area contributed by atoms with Gasteiger partial charge in [-0.05, 0) is 12.0 Å². The summed E-state index contributed by atoms with van der Waals surface area (Å²) >= 11 is 0. The largest absolute Gasteiger partial charge is 0.356 e. The van der Waals surface area contributed by atoms with E-state index in [4.69, 9.17) is 19.5 Å². The van der Waals surface area contributed by atoms with Crippen LogP contribution in [0, 0.1) is 0 Å². The highest BCUT2D eigenvalue weighted by molar-refractivity contribution is 7.26. The molecule has 0 bridgehead atoms. The molecule has 2 unspecified atom stereocenters. The van der Waals surface area contributed by atoms with E-state index < -0.39 is 6.23 Å². The highest BCUT2D eigenvalue weighted by Crippen LogP contribution is 2.17. The third-order valence-corrected chi connectivity index (χ3v) is 7.13. The van der Waals surface area contributed by atoms with E-state index in [2.05, 4.69) is 6.92 Å². The minimum absolute atomic E-state index is 0.0464. The Bertz CT molecular complexity index is 532. The Hall–Kier alpha value is -0.510. The molecule has 0 amide bonds. The molecule has 0 aliphatic carbocycles. The van der Waals surface area contributed by atoms with Crippen molar-refractivity contribution in [3.05, 3.63) is 35.9 Å². The highest BCUT2D eigenvalue weighted by atomic mass is 31.1. The van der Waals surface area contributed by atoms with Gasteiger partial charge >= 0.3 is 0 Å². The van der Waals surface area contributed by atoms with Gasteiger partial charge in [0.05, 0.1) is 19.8 Å². The second kappa shape index (κ2) is 26.6. The van der Waals surface area contributed by atoms with Gasteiger partial charge in [-0.25, -0.2) is 0 Å². The first kappa shape index (κ1) is 32.5. The lowest BCUT2D eigenvalue weighted by atomic mass is 10.0. The minimum Gasteiger partial charge on any atom is -0.356 e. The summed E-state index contributed by atoms with van der Waals surface area (Å²) in [5.41, 5.74) is 7.03. The van der Waals surface area contributed by atoms with Crippen molar-refractivity contribution < 1.29 is 13.8 Å². The normalized spacial score (nSPS) is 12.6. The molecule has 2 atom stereocenters. The molecule has 204 valence electrons. The van der Waals surface area contributed by atoms with E-state index in [0.717, 1.165) is 18.6 Å². The van der Waals surface area contributed by atoms with E-state index in [1.165, 1.54) is 116 Å². The second-order valence-electron chi connectivity index (χ2n) is 9.94. The molecule has 0 fully saturated rings. The third kappa shape index (κ3) is 23.6. The fourth-order valence-electron chi connectivity index (χ4n) is 4.28. The quantitative estimate of drug-likeness (QED) is 0.0729. The van der Waals surface area contributed by atoms with Crippen LogP contribution in [0.4, 0.5) is 0 Å². The number of hydrogen-bond donors (Lipinski definition) is 1. The van der Waals surface area contributed by atoms with E-state index in [0.29, 0.717) is 13.2 Å².